The molecule has 0 saturated carbocycles. The van der Waals surface area contributed by atoms with Crippen molar-refractivity contribution in [2.75, 3.05) is 25.0 Å². The number of anilines is 1. The average Bonchev–Trinajstić information content (AvgIpc) is 2.38. The highest BCUT2D eigenvalue weighted by molar-refractivity contribution is 5.49. The molecule has 0 saturated heterocycles. The Morgan fingerprint density at radius 2 is 2.35 bits per heavy atom. The van der Waals surface area contributed by atoms with Crippen LogP contribution in [0.25, 0.3) is 0 Å². The Labute approximate surface area is 99.9 Å². The summed E-state index contributed by atoms with van der Waals surface area (Å²) in [6.07, 6.45) is 3.11. The van der Waals surface area contributed by atoms with Crippen LogP contribution in [0.1, 0.15) is 12.0 Å². The molecule has 2 rings (SSSR count). The monoisotopic (exact) mass is 231 g/mol. The number of hydrogen-bond acceptors (Lipinski definition) is 3. The molecule has 2 N–H and O–H groups in total. The van der Waals surface area contributed by atoms with Crippen molar-refractivity contribution in [2.45, 2.75) is 6.42 Å². The highest BCUT2D eigenvalue weighted by Crippen LogP contribution is 2.16. The molecule has 4 heteroatoms. The summed E-state index contributed by atoms with van der Waals surface area (Å²) in [5.41, 5.74) is 2.07. The first kappa shape index (κ1) is 11.6. The zero-order valence-electron chi connectivity index (χ0n) is 9.46. The van der Waals surface area contributed by atoms with Crippen molar-refractivity contribution < 1.29 is 4.39 Å². The lowest BCUT2D eigenvalue weighted by atomic mass is 10.1. The van der Waals surface area contributed by atoms with Gasteiger partial charge in [0.15, 0.2) is 0 Å². The van der Waals surface area contributed by atoms with Crippen molar-refractivity contribution in [2.24, 2.45) is 0 Å². The van der Waals surface area contributed by atoms with Crippen LogP contribution < -0.4 is 10.6 Å². The molecule has 17 heavy (non-hydrogen) atoms. The molecule has 0 amide bonds. The lowest BCUT2D eigenvalue weighted by Crippen LogP contribution is -2.23. The summed E-state index contributed by atoms with van der Waals surface area (Å²) in [5.74, 6) is -0.376. The number of nitrogens with one attached hydrogen (secondary N) is 2. The van der Waals surface area contributed by atoms with Crippen LogP contribution in [0.5, 0.6) is 0 Å². The molecule has 3 nitrogen and oxygen atoms in total. The number of nitrogens with zero attached hydrogens (tertiary/aromatic N) is 1. The highest BCUT2D eigenvalue weighted by Gasteiger charge is 2.06. The third-order valence-corrected chi connectivity index (χ3v) is 2.76. The van der Waals surface area contributed by atoms with E-state index in [2.05, 4.69) is 16.7 Å². The van der Waals surface area contributed by atoms with Gasteiger partial charge in [-0.3, -0.25) is 0 Å². The first-order chi connectivity index (χ1) is 8.29. The molecule has 1 aliphatic rings. The maximum Gasteiger partial charge on any atom is 0.147 e. The molecule has 0 atom stereocenters. The van der Waals surface area contributed by atoms with E-state index in [-0.39, 0.29) is 5.82 Å². The Morgan fingerprint density at radius 1 is 1.47 bits per heavy atom. The second kappa shape index (κ2) is 5.46. The van der Waals surface area contributed by atoms with Crippen molar-refractivity contribution in [1.29, 1.82) is 5.26 Å². The molecule has 0 radical (unpaired) electrons. The summed E-state index contributed by atoms with van der Waals surface area (Å²) in [4.78, 5) is 0. The highest BCUT2D eigenvalue weighted by atomic mass is 19.1. The zero-order valence-corrected chi connectivity index (χ0v) is 9.46. The second-order valence-electron chi connectivity index (χ2n) is 3.98. The quantitative estimate of drug-likeness (QED) is 0.782. The van der Waals surface area contributed by atoms with Crippen LogP contribution in [0, 0.1) is 17.1 Å². The molecule has 1 aliphatic heterocycles. The van der Waals surface area contributed by atoms with Crippen LogP contribution in [0.4, 0.5) is 10.1 Å². The van der Waals surface area contributed by atoms with Gasteiger partial charge in [-0.25, -0.2) is 4.39 Å². The molecular weight excluding hydrogens is 217 g/mol. The van der Waals surface area contributed by atoms with Gasteiger partial charge in [0.25, 0.3) is 0 Å². The summed E-state index contributed by atoms with van der Waals surface area (Å²) in [6, 6.07) is 6.38. The molecule has 1 heterocycles. The SMILES string of the molecule is N#Cc1ccc(NCC2=CCNCC2)c(F)c1. The standard InChI is InChI=1S/C13H14FN3/c14-12-7-11(8-15)1-2-13(12)17-9-10-3-5-16-6-4-10/h1-3,7,16-17H,4-6,9H2. The fourth-order valence-electron chi connectivity index (χ4n) is 1.77. The zero-order chi connectivity index (χ0) is 12.1. The van der Waals surface area contributed by atoms with E-state index < -0.39 is 0 Å². The van der Waals surface area contributed by atoms with E-state index in [1.807, 2.05) is 6.07 Å². The molecule has 88 valence electrons. The van der Waals surface area contributed by atoms with Gasteiger partial charge in [0, 0.05) is 13.1 Å². The molecule has 0 fully saturated rings. The topological polar surface area (TPSA) is 47.9 Å². The Balaban J connectivity index is 1.99. The third kappa shape index (κ3) is 3.05. The number of benzene rings is 1. The van der Waals surface area contributed by atoms with Crippen molar-refractivity contribution in [3.05, 3.63) is 41.2 Å². The summed E-state index contributed by atoms with van der Waals surface area (Å²) < 4.78 is 13.5. The molecule has 0 aromatic heterocycles. The van der Waals surface area contributed by atoms with E-state index >= 15 is 0 Å². The fraction of sp³-hybridized carbons (Fsp3) is 0.308. The summed E-state index contributed by atoms with van der Waals surface area (Å²) in [6.45, 7) is 2.51. The number of halogens is 1. The minimum Gasteiger partial charge on any atom is -0.379 e. The second-order valence-corrected chi connectivity index (χ2v) is 3.98. The molecule has 0 aliphatic carbocycles. The van der Waals surface area contributed by atoms with Gasteiger partial charge in [0.2, 0.25) is 0 Å². The lowest BCUT2D eigenvalue weighted by molar-refractivity contribution is 0.629. The van der Waals surface area contributed by atoms with E-state index in [1.54, 1.807) is 12.1 Å². The predicted molar refractivity (Wildman–Crippen MR) is 65.2 cm³/mol. The van der Waals surface area contributed by atoms with Crippen LogP contribution in [0.3, 0.4) is 0 Å². The van der Waals surface area contributed by atoms with Gasteiger partial charge >= 0.3 is 0 Å². The van der Waals surface area contributed by atoms with Crippen LogP contribution >= 0.6 is 0 Å². The number of hydrogen-bond donors (Lipinski definition) is 2. The number of nitriles is 1. The van der Waals surface area contributed by atoms with E-state index in [0.29, 0.717) is 17.8 Å². The van der Waals surface area contributed by atoms with Crippen molar-refractivity contribution in [1.82, 2.24) is 5.32 Å². The molecule has 1 aromatic carbocycles. The van der Waals surface area contributed by atoms with Crippen molar-refractivity contribution >= 4 is 5.69 Å². The maximum atomic E-state index is 13.5. The Morgan fingerprint density at radius 3 is 3.00 bits per heavy atom. The Kier molecular flexibility index (Phi) is 3.73. The summed E-state index contributed by atoms with van der Waals surface area (Å²) in [7, 11) is 0. The van der Waals surface area contributed by atoms with Crippen molar-refractivity contribution in [3.63, 3.8) is 0 Å². The minimum atomic E-state index is -0.376. The summed E-state index contributed by atoms with van der Waals surface area (Å²) >= 11 is 0. The van der Waals surface area contributed by atoms with Crippen LogP contribution in [0.15, 0.2) is 29.8 Å². The van der Waals surface area contributed by atoms with Gasteiger partial charge in [-0.05, 0) is 31.2 Å². The van der Waals surface area contributed by atoms with Crippen molar-refractivity contribution in [3.8, 4) is 6.07 Å². The Hall–Kier alpha value is -1.86. The summed E-state index contributed by atoms with van der Waals surface area (Å²) in [5, 5.41) is 14.9. The van der Waals surface area contributed by atoms with Gasteiger partial charge in [0.1, 0.15) is 5.82 Å². The van der Waals surface area contributed by atoms with Gasteiger partial charge in [-0.1, -0.05) is 11.6 Å². The largest absolute Gasteiger partial charge is 0.379 e. The third-order valence-electron chi connectivity index (χ3n) is 2.76. The van der Waals surface area contributed by atoms with E-state index in [0.717, 1.165) is 19.5 Å². The van der Waals surface area contributed by atoms with Crippen LogP contribution in [-0.2, 0) is 0 Å². The predicted octanol–water partition coefficient (Wildman–Crippen LogP) is 2.03. The number of rotatable bonds is 3. The smallest absolute Gasteiger partial charge is 0.147 e. The Bertz CT molecular complexity index is 474. The van der Waals surface area contributed by atoms with Gasteiger partial charge in [0.05, 0.1) is 17.3 Å². The average molecular weight is 231 g/mol. The minimum absolute atomic E-state index is 0.342. The first-order valence-corrected chi connectivity index (χ1v) is 5.62. The van der Waals surface area contributed by atoms with E-state index in [1.165, 1.54) is 11.6 Å². The van der Waals surface area contributed by atoms with Crippen LogP contribution in [-0.4, -0.2) is 19.6 Å². The van der Waals surface area contributed by atoms with Crippen LogP contribution in [0.2, 0.25) is 0 Å². The molecular formula is C13H14FN3. The molecule has 1 aromatic rings. The van der Waals surface area contributed by atoms with Gasteiger partial charge < -0.3 is 10.6 Å². The van der Waals surface area contributed by atoms with E-state index in [9.17, 15) is 4.39 Å². The van der Waals surface area contributed by atoms with Gasteiger partial charge in [-0.15, -0.1) is 0 Å². The fourth-order valence-corrected chi connectivity index (χ4v) is 1.77. The molecule has 0 spiro atoms. The maximum absolute atomic E-state index is 13.5. The molecule has 0 unspecified atom stereocenters. The first-order valence-electron chi connectivity index (χ1n) is 5.62. The normalized spacial score (nSPS) is 14.9. The lowest BCUT2D eigenvalue weighted by Gasteiger charge is -2.15. The molecule has 0 bridgehead atoms. The van der Waals surface area contributed by atoms with Gasteiger partial charge in [-0.2, -0.15) is 5.26 Å². The van der Waals surface area contributed by atoms with E-state index in [4.69, 9.17) is 5.26 Å².